The summed E-state index contributed by atoms with van der Waals surface area (Å²) in [6.07, 6.45) is -4.91. The predicted octanol–water partition coefficient (Wildman–Crippen LogP) is 4.02. The molecule has 0 saturated heterocycles. The second-order valence-electron chi connectivity index (χ2n) is 4.02. The number of oxazole rings is 1. The molecular weight excluding hydrogens is 299 g/mol. The third kappa shape index (κ3) is 2.77. The number of benzene rings is 1. The average molecular weight is 306 g/mol. The molecule has 0 aliphatic carbocycles. The molecule has 2 rings (SSSR count). The van der Waals surface area contributed by atoms with Crippen molar-refractivity contribution in [3.63, 3.8) is 0 Å². The molecule has 20 heavy (non-hydrogen) atoms. The van der Waals surface area contributed by atoms with Gasteiger partial charge in [-0.3, -0.25) is 0 Å². The number of aromatic carboxylic acids is 1. The highest BCUT2D eigenvalue weighted by Gasteiger charge is 2.41. The Morgan fingerprint density at radius 3 is 2.45 bits per heavy atom. The van der Waals surface area contributed by atoms with Crippen molar-refractivity contribution < 1.29 is 27.5 Å². The van der Waals surface area contributed by atoms with Gasteiger partial charge < -0.3 is 9.52 Å². The van der Waals surface area contributed by atoms with E-state index in [9.17, 15) is 18.0 Å². The van der Waals surface area contributed by atoms with Crippen molar-refractivity contribution in [1.29, 1.82) is 0 Å². The van der Waals surface area contributed by atoms with Gasteiger partial charge in [0.2, 0.25) is 11.7 Å². The van der Waals surface area contributed by atoms with Crippen LogP contribution >= 0.6 is 11.6 Å². The van der Waals surface area contributed by atoms with Gasteiger partial charge >= 0.3 is 12.1 Å². The highest BCUT2D eigenvalue weighted by molar-refractivity contribution is 6.30. The summed E-state index contributed by atoms with van der Waals surface area (Å²) >= 11 is 5.79. The van der Waals surface area contributed by atoms with Crippen LogP contribution in [0.4, 0.5) is 13.2 Å². The fourth-order valence-corrected chi connectivity index (χ4v) is 1.93. The van der Waals surface area contributed by atoms with Crippen molar-refractivity contribution in [3.8, 4) is 11.5 Å². The van der Waals surface area contributed by atoms with Gasteiger partial charge in [0.1, 0.15) is 0 Å². The third-order valence-electron chi connectivity index (χ3n) is 2.38. The Bertz CT molecular complexity index is 659. The first-order chi connectivity index (χ1) is 9.18. The maximum atomic E-state index is 12.7. The van der Waals surface area contributed by atoms with Crippen molar-refractivity contribution in [2.75, 3.05) is 0 Å². The molecular formula is C12H7ClF3NO3. The lowest BCUT2D eigenvalue weighted by molar-refractivity contribution is -0.141. The lowest BCUT2D eigenvalue weighted by Gasteiger charge is -2.01. The minimum atomic E-state index is -4.91. The highest BCUT2D eigenvalue weighted by atomic mass is 35.5. The zero-order chi connectivity index (χ0) is 15.1. The molecule has 0 saturated carbocycles. The number of nitrogens with zero attached hydrogens (tertiary/aromatic N) is 1. The molecule has 8 heteroatoms. The quantitative estimate of drug-likeness (QED) is 0.910. The van der Waals surface area contributed by atoms with Gasteiger partial charge in [-0.15, -0.1) is 0 Å². The van der Waals surface area contributed by atoms with E-state index in [4.69, 9.17) is 21.1 Å². The summed E-state index contributed by atoms with van der Waals surface area (Å²) in [4.78, 5) is 14.0. The van der Waals surface area contributed by atoms with Crippen molar-refractivity contribution in [1.82, 2.24) is 4.98 Å². The number of aromatic nitrogens is 1. The van der Waals surface area contributed by atoms with Gasteiger partial charge in [-0.2, -0.15) is 13.2 Å². The van der Waals surface area contributed by atoms with Crippen molar-refractivity contribution in [2.45, 2.75) is 13.1 Å². The molecule has 4 nitrogen and oxygen atoms in total. The predicted molar refractivity (Wildman–Crippen MR) is 63.6 cm³/mol. The van der Waals surface area contributed by atoms with Crippen LogP contribution in [0.3, 0.4) is 0 Å². The van der Waals surface area contributed by atoms with Crippen molar-refractivity contribution in [2.24, 2.45) is 0 Å². The maximum Gasteiger partial charge on any atom is 0.437 e. The van der Waals surface area contributed by atoms with Gasteiger partial charge in [0.05, 0.1) is 0 Å². The number of carbonyl (C=O) groups is 1. The fraction of sp³-hybridized carbons (Fsp3) is 0.167. The van der Waals surface area contributed by atoms with Gasteiger partial charge in [0.15, 0.2) is 5.69 Å². The Balaban J connectivity index is 2.62. The van der Waals surface area contributed by atoms with Crippen molar-refractivity contribution in [3.05, 3.63) is 40.2 Å². The molecule has 0 aliphatic rings. The number of carboxylic acid groups (broad SMARTS) is 1. The molecule has 0 amide bonds. The number of aryl methyl sites for hydroxylation is 1. The lowest BCUT2D eigenvalue weighted by atomic mass is 10.1. The minimum Gasteiger partial charge on any atom is -0.475 e. The van der Waals surface area contributed by atoms with E-state index in [1.807, 2.05) is 0 Å². The molecule has 106 valence electrons. The third-order valence-corrected chi connectivity index (χ3v) is 2.60. The smallest absolute Gasteiger partial charge is 0.437 e. The molecule has 2 aromatic rings. The number of halogens is 4. The topological polar surface area (TPSA) is 63.3 Å². The molecule has 0 atom stereocenters. The number of rotatable bonds is 2. The molecule has 1 aromatic heterocycles. The number of alkyl halides is 3. The minimum absolute atomic E-state index is 0.174. The van der Waals surface area contributed by atoms with Crippen LogP contribution in [0.5, 0.6) is 0 Å². The van der Waals surface area contributed by atoms with Crippen LogP contribution in [0.25, 0.3) is 11.5 Å². The Morgan fingerprint density at radius 1 is 1.35 bits per heavy atom. The Hall–Kier alpha value is -2.02. The van der Waals surface area contributed by atoms with Crippen LogP contribution in [-0.2, 0) is 6.18 Å². The largest absolute Gasteiger partial charge is 0.475 e. The summed E-state index contributed by atoms with van der Waals surface area (Å²) in [6, 6.07) is 4.42. The molecule has 1 aromatic carbocycles. The van der Waals surface area contributed by atoms with E-state index in [0.29, 0.717) is 5.56 Å². The van der Waals surface area contributed by atoms with Gasteiger partial charge in [0.25, 0.3) is 0 Å². The first-order valence-corrected chi connectivity index (χ1v) is 5.65. The van der Waals surface area contributed by atoms with Crippen molar-refractivity contribution >= 4 is 17.6 Å². The van der Waals surface area contributed by atoms with E-state index in [-0.39, 0.29) is 10.6 Å². The number of hydrogen-bond donors (Lipinski definition) is 1. The zero-order valence-corrected chi connectivity index (χ0v) is 10.7. The van der Waals surface area contributed by atoms with Crippen LogP contribution in [0.1, 0.15) is 21.8 Å². The van der Waals surface area contributed by atoms with E-state index in [1.165, 1.54) is 12.1 Å². The van der Waals surface area contributed by atoms with E-state index in [1.54, 1.807) is 13.0 Å². The summed E-state index contributed by atoms with van der Waals surface area (Å²) in [5.41, 5.74) is -0.721. The second-order valence-corrected chi connectivity index (χ2v) is 4.45. The summed E-state index contributed by atoms with van der Waals surface area (Å²) in [6.45, 7) is 1.68. The second kappa shape index (κ2) is 4.82. The van der Waals surface area contributed by atoms with Gasteiger partial charge in [0, 0.05) is 10.6 Å². The lowest BCUT2D eigenvalue weighted by Crippen LogP contribution is -2.11. The Morgan fingerprint density at radius 2 is 2.00 bits per heavy atom. The zero-order valence-electron chi connectivity index (χ0n) is 9.95. The summed E-state index contributed by atoms with van der Waals surface area (Å²) in [5, 5.41) is 9.02. The van der Waals surface area contributed by atoms with Crippen LogP contribution in [-0.4, -0.2) is 16.1 Å². The monoisotopic (exact) mass is 305 g/mol. The molecule has 1 heterocycles. The van der Waals surface area contributed by atoms with Gasteiger partial charge in [-0.05, 0) is 30.7 Å². The normalized spacial score (nSPS) is 11.7. The summed E-state index contributed by atoms with van der Waals surface area (Å²) in [5.74, 6) is -3.53. The first kappa shape index (κ1) is 14.4. The molecule has 0 unspecified atom stereocenters. The molecule has 0 aliphatic heterocycles. The average Bonchev–Trinajstić information content (AvgIpc) is 2.71. The van der Waals surface area contributed by atoms with Crippen LogP contribution in [0, 0.1) is 6.92 Å². The summed E-state index contributed by atoms with van der Waals surface area (Å²) in [7, 11) is 0. The molecule has 0 spiro atoms. The Kier molecular flexibility index (Phi) is 3.47. The highest BCUT2D eigenvalue weighted by Crippen LogP contribution is 2.35. The van der Waals surface area contributed by atoms with Crippen LogP contribution < -0.4 is 0 Å². The van der Waals surface area contributed by atoms with Gasteiger partial charge in [-0.25, -0.2) is 9.78 Å². The fourth-order valence-electron chi connectivity index (χ4n) is 1.64. The standard InChI is InChI=1S/C12H7ClF3NO3/c1-5-2-6(4-7(13)3-5)10-17-9(12(14,15)16)8(20-10)11(18)19/h2-4H,1H3,(H,18,19). The molecule has 0 bridgehead atoms. The van der Waals surface area contributed by atoms with E-state index in [2.05, 4.69) is 4.98 Å². The number of hydrogen-bond acceptors (Lipinski definition) is 3. The number of carboxylic acids is 1. The maximum absolute atomic E-state index is 12.7. The van der Waals surface area contributed by atoms with Crippen LogP contribution in [0.15, 0.2) is 22.6 Å². The van der Waals surface area contributed by atoms with Gasteiger partial charge in [-0.1, -0.05) is 11.6 Å². The Labute approximate surface area is 115 Å². The molecule has 0 radical (unpaired) electrons. The summed E-state index contributed by atoms with van der Waals surface area (Å²) < 4.78 is 42.8. The molecule has 0 fully saturated rings. The van der Waals surface area contributed by atoms with E-state index in [0.717, 1.165) is 0 Å². The first-order valence-electron chi connectivity index (χ1n) is 5.27. The molecule has 1 N–H and O–H groups in total. The van der Waals surface area contributed by atoms with Crippen LogP contribution in [0.2, 0.25) is 5.02 Å². The van der Waals surface area contributed by atoms with E-state index < -0.39 is 29.5 Å². The van der Waals surface area contributed by atoms with E-state index >= 15 is 0 Å². The SMILES string of the molecule is Cc1cc(Cl)cc(-c2nc(C(F)(F)F)c(C(=O)O)o2)c1.